The Hall–Kier alpha value is -2.70. The minimum atomic E-state index is -0.470. The van der Waals surface area contributed by atoms with Crippen molar-refractivity contribution < 1.29 is 9.72 Å². The fraction of sp³-hybridized carbons (Fsp3) is 0.231. The highest BCUT2D eigenvalue weighted by molar-refractivity contribution is 5.91. The van der Waals surface area contributed by atoms with Crippen molar-refractivity contribution >= 4 is 17.4 Å². The maximum absolute atomic E-state index is 11.9. The van der Waals surface area contributed by atoms with Crippen molar-refractivity contribution in [2.24, 2.45) is 7.05 Å². The number of benzene rings is 1. The van der Waals surface area contributed by atoms with Gasteiger partial charge in [0.25, 0.3) is 5.69 Å². The lowest BCUT2D eigenvalue weighted by molar-refractivity contribution is -0.384. The van der Waals surface area contributed by atoms with Gasteiger partial charge in [0.05, 0.1) is 17.0 Å². The number of nitrogens with zero attached hydrogens (tertiary/aromatic N) is 3. The molecule has 1 N–H and O–H groups in total. The second-order valence-electron chi connectivity index (χ2n) is 4.44. The summed E-state index contributed by atoms with van der Waals surface area (Å²) in [5.74, 6) is 0.427. The third-order valence-electron chi connectivity index (χ3n) is 2.78. The Bertz CT molecular complexity index is 646. The summed E-state index contributed by atoms with van der Waals surface area (Å²) in [6, 6.07) is 7.69. The molecule has 1 amide bonds. The van der Waals surface area contributed by atoms with E-state index >= 15 is 0 Å². The number of nitro groups is 1. The molecule has 7 nitrogen and oxygen atoms in total. The summed E-state index contributed by atoms with van der Waals surface area (Å²) >= 11 is 0. The molecule has 0 aliphatic rings. The standard InChI is InChI=1S/C13H14N4O3/c1-9-7-12(16(2)15-9)14-13(18)8-10-3-5-11(6-4-10)17(19)20/h3-7H,8H2,1-2H3,(H,14,18). The van der Waals surface area contributed by atoms with Crippen LogP contribution in [0.15, 0.2) is 30.3 Å². The molecule has 7 heteroatoms. The lowest BCUT2D eigenvalue weighted by Gasteiger charge is -2.05. The number of rotatable bonds is 4. The predicted octanol–water partition coefficient (Wildman–Crippen LogP) is 1.82. The zero-order valence-electron chi connectivity index (χ0n) is 11.2. The van der Waals surface area contributed by atoms with Gasteiger partial charge in [-0.1, -0.05) is 12.1 Å². The number of anilines is 1. The van der Waals surface area contributed by atoms with Crippen LogP contribution in [0.25, 0.3) is 0 Å². The lowest BCUT2D eigenvalue weighted by Crippen LogP contribution is -2.16. The Labute approximate surface area is 115 Å². The van der Waals surface area contributed by atoms with Gasteiger partial charge in [-0.15, -0.1) is 0 Å². The number of amides is 1. The zero-order valence-corrected chi connectivity index (χ0v) is 11.2. The predicted molar refractivity (Wildman–Crippen MR) is 73.4 cm³/mol. The van der Waals surface area contributed by atoms with E-state index in [9.17, 15) is 14.9 Å². The first-order chi connectivity index (χ1) is 9.45. The van der Waals surface area contributed by atoms with Gasteiger partial charge < -0.3 is 5.32 Å². The quantitative estimate of drug-likeness (QED) is 0.680. The molecule has 20 heavy (non-hydrogen) atoms. The molecule has 0 fully saturated rings. The molecule has 1 aromatic carbocycles. The number of aromatic nitrogens is 2. The number of hydrogen-bond donors (Lipinski definition) is 1. The van der Waals surface area contributed by atoms with E-state index < -0.39 is 4.92 Å². The lowest BCUT2D eigenvalue weighted by atomic mass is 10.1. The van der Waals surface area contributed by atoms with E-state index in [4.69, 9.17) is 0 Å². The van der Waals surface area contributed by atoms with E-state index in [0.717, 1.165) is 5.69 Å². The number of carbonyl (C=O) groups is 1. The zero-order chi connectivity index (χ0) is 14.7. The smallest absolute Gasteiger partial charge is 0.269 e. The Morgan fingerprint density at radius 1 is 1.40 bits per heavy atom. The monoisotopic (exact) mass is 274 g/mol. The van der Waals surface area contributed by atoms with Crippen molar-refractivity contribution in [3.05, 3.63) is 51.7 Å². The fourth-order valence-corrected chi connectivity index (χ4v) is 1.84. The molecule has 1 aromatic heterocycles. The van der Waals surface area contributed by atoms with E-state index in [0.29, 0.717) is 11.4 Å². The topological polar surface area (TPSA) is 90.1 Å². The van der Waals surface area contributed by atoms with E-state index in [2.05, 4.69) is 10.4 Å². The number of non-ortho nitro benzene ring substituents is 1. The van der Waals surface area contributed by atoms with E-state index in [-0.39, 0.29) is 18.0 Å². The molecule has 2 rings (SSSR count). The Morgan fingerprint density at radius 2 is 2.05 bits per heavy atom. The van der Waals surface area contributed by atoms with Crippen LogP contribution < -0.4 is 5.32 Å². The maximum atomic E-state index is 11.9. The summed E-state index contributed by atoms with van der Waals surface area (Å²) in [6.45, 7) is 1.84. The normalized spacial score (nSPS) is 10.3. The molecule has 0 bridgehead atoms. The molecule has 0 saturated carbocycles. The van der Waals surface area contributed by atoms with Gasteiger partial charge in [-0.25, -0.2) is 0 Å². The minimum Gasteiger partial charge on any atom is -0.311 e. The molecule has 0 spiro atoms. The van der Waals surface area contributed by atoms with E-state index in [1.165, 1.54) is 12.1 Å². The average Bonchev–Trinajstić information content (AvgIpc) is 2.68. The van der Waals surface area contributed by atoms with Crippen molar-refractivity contribution in [2.45, 2.75) is 13.3 Å². The van der Waals surface area contributed by atoms with Crippen molar-refractivity contribution in [2.75, 3.05) is 5.32 Å². The van der Waals surface area contributed by atoms with Gasteiger partial charge in [0.2, 0.25) is 5.91 Å². The minimum absolute atomic E-state index is 0.0106. The van der Waals surface area contributed by atoms with Gasteiger partial charge in [-0.2, -0.15) is 5.10 Å². The number of nitro benzene ring substituents is 1. The number of aryl methyl sites for hydroxylation is 2. The SMILES string of the molecule is Cc1cc(NC(=O)Cc2ccc([N+](=O)[O-])cc2)n(C)n1. The van der Waals surface area contributed by atoms with Crippen LogP contribution >= 0.6 is 0 Å². The molecule has 104 valence electrons. The number of carbonyl (C=O) groups excluding carboxylic acids is 1. The maximum Gasteiger partial charge on any atom is 0.269 e. The second-order valence-corrected chi connectivity index (χ2v) is 4.44. The summed E-state index contributed by atoms with van der Waals surface area (Å²) < 4.78 is 1.59. The van der Waals surface area contributed by atoms with Crippen LogP contribution in [-0.2, 0) is 18.3 Å². The van der Waals surface area contributed by atoms with Crippen LogP contribution in [0.2, 0.25) is 0 Å². The van der Waals surface area contributed by atoms with Gasteiger partial charge in [-0.3, -0.25) is 19.6 Å². The van der Waals surface area contributed by atoms with Crippen LogP contribution in [0, 0.1) is 17.0 Å². The number of nitrogens with one attached hydrogen (secondary N) is 1. The van der Waals surface area contributed by atoms with Crippen molar-refractivity contribution in [1.82, 2.24) is 9.78 Å². The van der Waals surface area contributed by atoms with Crippen LogP contribution in [0.3, 0.4) is 0 Å². The third-order valence-corrected chi connectivity index (χ3v) is 2.78. The van der Waals surface area contributed by atoms with E-state index in [1.807, 2.05) is 6.92 Å². The Kier molecular flexibility index (Phi) is 3.79. The summed E-state index contributed by atoms with van der Waals surface area (Å²) in [5.41, 5.74) is 1.54. The summed E-state index contributed by atoms with van der Waals surface area (Å²) in [4.78, 5) is 21.9. The number of hydrogen-bond acceptors (Lipinski definition) is 4. The van der Waals surface area contributed by atoms with Gasteiger partial charge in [0.15, 0.2) is 0 Å². The Balaban J connectivity index is 2.01. The third kappa shape index (κ3) is 3.19. The van der Waals surface area contributed by atoms with Gasteiger partial charge >= 0.3 is 0 Å². The van der Waals surface area contributed by atoms with Gasteiger partial charge in [-0.05, 0) is 12.5 Å². The average molecular weight is 274 g/mol. The molecular formula is C13H14N4O3. The largest absolute Gasteiger partial charge is 0.311 e. The highest BCUT2D eigenvalue weighted by Crippen LogP contribution is 2.13. The molecule has 2 aromatic rings. The molecule has 1 heterocycles. The van der Waals surface area contributed by atoms with Gasteiger partial charge in [0.1, 0.15) is 5.82 Å². The van der Waals surface area contributed by atoms with Crippen molar-refractivity contribution in [3.8, 4) is 0 Å². The second kappa shape index (κ2) is 5.52. The first-order valence-electron chi connectivity index (χ1n) is 5.99. The van der Waals surface area contributed by atoms with Gasteiger partial charge in [0, 0.05) is 25.2 Å². The van der Waals surface area contributed by atoms with Crippen molar-refractivity contribution in [1.29, 1.82) is 0 Å². The summed E-state index contributed by atoms with van der Waals surface area (Å²) in [6.07, 6.45) is 0.155. The fourth-order valence-electron chi connectivity index (χ4n) is 1.84. The Morgan fingerprint density at radius 3 is 2.55 bits per heavy atom. The van der Waals surface area contributed by atoms with Crippen LogP contribution in [0.4, 0.5) is 11.5 Å². The molecule has 0 atom stereocenters. The molecule has 0 aliphatic heterocycles. The summed E-state index contributed by atoms with van der Waals surface area (Å²) in [7, 11) is 1.74. The summed E-state index contributed by atoms with van der Waals surface area (Å²) in [5, 5.41) is 17.4. The van der Waals surface area contributed by atoms with Crippen molar-refractivity contribution in [3.63, 3.8) is 0 Å². The molecule has 0 aliphatic carbocycles. The molecule has 0 unspecified atom stereocenters. The van der Waals surface area contributed by atoms with E-state index in [1.54, 1.807) is 29.9 Å². The molecule has 0 saturated heterocycles. The van der Waals surface area contributed by atoms with Crippen LogP contribution in [0.1, 0.15) is 11.3 Å². The highest BCUT2D eigenvalue weighted by atomic mass is 16.6. The first-order valence-corrected chi connectivity index (χ1v) is 5.99. The van der Waals surface area contributed by atoms with Crippen LogP contribution in [-0.4, -0.2) is 20.6 Å². The molecular weight excluding hydrogens is 260 g/mol. The van der Waals surface area contributed by atoms with Crippen LogP contribution in [0.5, 0.6) is 0 Å². The first kappa shape index (κ1) is 13.7. The molecule has 0 radical (unpaired) electrons. The highest BCUT2D eigenvalue weighted by Gasteiger charge is 2.09.